The Hall–Kier alpha value is -15.4. The number of aliphatic hydroxyl groups excluding tert-OH is 2. The quantitative estimate of drug-likeness (QED) is 0.0682. The number of cyclic esters (lactones) is 1. The van der Waals surface area contributed by atoms with E-state index in [4.69, 9.17) is 56.8 Å². The second-order valence-corrected chi connectivity index (χ2v) is 24.4. The first-order valence-corrected chi connectivity index (χ1v) is 31.2. The van der Waals surface area contributed by atoms with Crippen LogP contribution in [-0.4, -0.2) is 245 Å². The highest BCUT2D eigenvalue weighted by atomic mass is 16.7. The van der Waals surface area contributed by atoms with E-state index in [2.05, 4.69) is 0 Å². The highest BCUT2D eigenvalue weighted by Gasteiger charge is 2.56. The van der Waals surface area contributed by atoms with Crippen molar-refractivity contribution in [2.45, 2.75) is 61.4 Å². The topological polar surface area (TPSA) is 733 Å². The summed E-state index contributed by atoms with van der Waals surface area (Å²) in [6.07, 6.45) is -27.7. The van der Waals surface area contributed by atoms with E-state index in [1.54, 1.807) is 0 Å². The first kappa shape index (κ1) is 74.8. The summed E-state index contributed by atoms with van der Waals surface area (Å²) in [5.74, 6) is -56.6. The molecular weight excluding hydrogens is 1520 g/mol. The third-order valence-corrected chi connectivity index (χ3v) is 17.7. The molecule has 584 valence electrons. The number of aromatic hydroxyl groups is 22. The fourth-order valence-corrected chi connectivity index (χ4v) is 12.3. The van der Waals surface area contributed by atoms with E-state index >= 15 is 19.2 Å². The molecular formula is C68H48O44. The molecule has 44 nitrogen and oxygen atoms in total. The second-order valence-electron chi connectivity index (χ2n) is 24.4. The Kier molecular flexibility index (Phi) is 18.3. The van der Waals surface area contributed by atoms with Crippen LogP contribution < -0.4 is 9.47 Å². The van der Waals surface area contributed by atoms with Gasteiger partial charge in [0, 0.05) is 46.5 Å². The fraction of sp³-hybridized carbons (Fsp3) is 0.176. The largest absolute Gasteiger partial charge is 0.504 e. The first-order chi connectivity index (χ1) is 52.8. The summed E-state index contributed by atoms with van der Waals surface area (Å²) in [5.41, 5.74) is -15.9. The van der Waals surface area contributed by atoms with Gasteiger partial charge in [-0.25, -0.2) is 38.4 Å². The number of hydrogen-bond acceptors (Lipinski definition) is 44. The molecule has 0 saturated carbocycles. The van der Waals surface area contributed by atoms with Crippen molar-refractivity contribution >= 4 is 47.8 Å². The van der Waals surface area contributed by atoms with Crippen LogP contribution in [0.15, 0.2) is 60.7 Å². The van der Waals surface area contributed by atoms with Gasteiger partial charge in [0.2, 0.25) is 46.0 Å². The summed E-state index contributed by atoms with van der Waals surface area (Å²) in [5, 5.41) is 269. The molecule has 112 heavy (non-hydrogen) atoms. The summed E-state index contributed by atoms with van der Waals surface area (Å²) in [4.78, 5) is 119. The molecule has 8 aromatic carbocycles. The van der Waals surface area contributed by atoms with Gasteiger partial charge < -0.3 is 179 Å². The third kappa shape index (κ3) is 12.4. The normalized spacial score (nSPS) is 21.4. The average molecular weight is 1570 g/mol. The van der Waals surface area contributed by atoms with E-state index in [-0.39, 0.29) is 30.3 Å². The minimum atomic E-state index is -2.94. The molecule has 24 N–H and O–H groups in total. The summed E-state index contributed by atoms with van der Waals surface area (Å²) in [7, 11) is 0. The van der Waals surface area contributed by atoms with Crippen molar-refractivity contribution in [1.29, 1.82) is 0 Å². The van der Waals surface area contributed by atoms with Gasteiger partial charge in [-0.1, -0.05) is 0 Å². The summed E-state index contributed by atoms with van der Waals surface area (Å²) < 4.78 is 67.6. The molecule has 0 amide bonds. The molecule has 10 atom stereocenters. The van der Waals surface area contributed by atoms with Crippen molar-refractivity contribution in [2.75, 3.05) is 13.2 Å². The van der Waals surface area contributed by atoms with Gasteiger partial charge >= 0.3 is 47.8 Å². The van der Waals surface area contributed by atoms with Gasteiger partial charge in [0.05, 0.1) is 33.4 Å². The number of benzene rings is 8. The fourth-order valence-electron chi connectivity index (χ4n) is 12.3. The predicted octanol–water partition coefficient (Wildman–Crippen LogP) is 2.17. The smallest absolute Gasteiger partial charge is 0.342 e. The van der Waals surface area contributed by atoms with Crippen molar-refractivity contribution in [3.05, 3.63) is 105 Å². The molecule has 44 heteroatoms. The molecule has 5 aliphatic rings. The Bertz CT molecular complexity index is 5420. The minimum absolute atomic E-state index is 0.148. The number of phenolic OH excluding ortho intramolecular Hbond substituents is 22. The molecule has 2 saturated heterocycles. The maximum Gasteiger partial charge on any atom is 0.342 e. The van der Waals surface area contributed by atoms with Crippen LogP contribution in [0.3, 0.4) is 0 Å². The van der Waals surface area contributed by atoms with Crippen LogP contribution in [0.5, 0.6) is 149 Å². The number of esters is 8. The van der Waals surface area contributed by atoms with Crippen LogP contribution in [0.25, 0.3) is 22.3 Å². The number of phenols is 22. The maximum absolute atomic E-state index is 15.5. The van der Waals surface area contributed by atoms with Gasteiger partial charge in [-0.3, -0.25) is 0 Å². The zero-order chi connectivity index (χ0) is 81.3. The van der Waals surface area contributed by atoms with Gasteiger partial charge in [0.25, 0.3) is 0 Å². The van der Waals surface area contributed by atoms with Crippen LogP contribution in [-0.2, 0) is 47.4 Å². The standard InChI is InChI=1S/C68H48O44/c69-21-1-13(2-22(70)37(21)77)59(91)109-55-53-32-12-102-62(94)17-9-29(43(83)47(87)35(17)34-16(63(95)107-53)6-26(74)40(80)46(34)86)103-51-19(7-27(75)41(81)49(51)89)65(97)112-58-56(110-60(92)14-3-23(71)38(78)24(72)4-14)54-31(105-68(58)100)11-101-61(93)15-5-25(73)39(79)45(85)33(15)36-18(64(96)108-54)10-30(44(84)48(36)88)104-52-20(8-28(76)42(82)50(52)90)66(98)111-57(55)67(99)106-32/h1-10,31-32,53-58,67-90,99-100H,11-12H2/t31-,32-,53-,54+,55-,56+,57-,58+,67+,68+/m0/s1. The molecule has 0 spiro atoms. The number of rotatable bonds is 4. The molecule has 0 radical (unpaired) electrons. The SMILES string of the molecule is O=C(O[C@H]1[C@H]2OC(=O)c3cc(O)c(O)c(O)c3-c3c4cc(c(O)c3O)Oc3c(cc(O)c(O)c3O)C(=O)O[C@@H]3[C@H](OC(=O)c5cc(O)c(O)c(O)c5)[C@@H]5OC(=O)c6cc(c(O)c(O)c6-c6c(cc(O)c(O)c6O)C(=O)OC[C@@H]5O[C@H]3O)Oc3c(cc(O)c(O)c3O)C(=O)O[C@@H]1[C@H](O)O[C@H]2COC4=O)c1cc(O)c(O)c(O)c1. The number of carbonyl (C=O) groups excluding carboxylic acids is 8. The van der Waals surface area contributed by atoms with Crippen LogP contribution in [0.4, 0.5) is 0 Å². The van der Waals surface area contributed by atoms with Gasteiger partial charge in [-0.15, -0.1) is 0 Å². The van der Waals surface area contributed by atoms with Crippen molar-refractivity contribution in [3.8, 4) is 172 Å². The Morgan fingerprint density at radius 2 is 0.554 bits per heavy atom. The Balaban J connectivity index is 1.08. The number of ether oxygens (including phenoxy) is 12. The predicted molar refractivity (Wildman–Crippen MR) is 344 cm³/mol. The van der Waals surface area contributed by atoms with Crippen LogP contribution in [0, 0.1) is 0 Å². The molecule has 5 heterocycles. The average Bonchev–Trinajstić information content (AvgIpc) is 1.13. The van der Waals surface area contributed by atoms with Crippen molar-refractivity contribution < 1.29 is 218 Å². The highest BCUT2D eigenvalue weighted by molar-refractivity contribution is 6.10. The van der Waals surface area contributed by atoms with Gasteiger partial charge in [-0.05, 0) is 36.4 Å². The first-order valence-electron chi connectivity index (χ1n) is 31.2. The van der Waals surface area contributed by atoms with Crippen LogP contribution in [0.2, 0.25) is 0 Å². The number of aliphatic hydroxyl groups is 2. The lowest BCUT2D eigenvalue weighted by molar-refractivity contribution is -0.284. The van der Waals surface area contributed by atoms with E-state index in [0.717, 1.165) is 0 Å². The van der Waals surface area contributed by atoms with Crippen LogP contribution >= 0.6 is 0 Å². The van der Waals surface area contributed by atoms with E-state index in [1.165, 1.54) is 0 Å². The molecule has 8 bridgehead atoms. The van der Waals surface area contributed by atoms with E-state index in [1.807, 2.05) is 0 Å². The molecule has 0 aliphatic carbocycles. The van der Waals surface area contributed by atoms with Crippen molar-refractivity contribution in [1.82, 2.24) is 0 Å². The zero-order valence-corrected chi connectivity index (χ0v) is 54.9. The van der Waals surface area contributed by atoms with Gasteiger partial charge in [0.1, 0.15) is 36.5 Å². The van der Waals surface area contributed by atoms with Crippen LogP contribution in [0.1, 0.15) is 82.9 Å². The zero-order valence-electron chi connectivity index (χ0n) is 54.9. The van der Waals surface area contributed by atoms with E-state index in [0.29, 0.717) is 30.3 Å². The van der Waals surface area contributed by atoms with Crippen molar-refractivity contribution in [3.63, 3.8) is 0 Å². The molecule has 8 aromatic rings. The van der Waals surface area contributed by atoms with E-state index in [9.17, 15) is 142 Å². The van der Waals surface area contributed by atoms with Gasteiger partial charge in [-0.2, -0.15) is 0 Å². The minimum Gasteiger partial charge on any atom is -0.504 e. The Morgan fingerprint density at radius 3 is 0.893 bits per heavy atom. The summed E-state index contributed by atoms with van der Waals surface area (Å²) in [6.45, 7) is -2.98. The van der Waals surface area contributed by atoms with Crippen molar-refractivity contribution in [2.24, 2.45) is 0 Å². The molecule has 0 unspecified atom stereocenters. The third-order valence-electron chi connectivity index (χ3n) is 17.7. The van der Waals surface area contributed by atoms with E-state index < -0.39 is 339 Å². The maximum atomic E-state index is 15.5. The Labute approximate surface area is 615 Å². The lowest BCUT2D eigenvalue weighted by Gasteiger charge is -2.42. The number of hydrogen-bond donors (Lipinski definition) is 24. The molecule has 5 aliphatic heterocycles. The highest BCUT2D eigenvalue weighted by Crippen LogP contribution is 2.59. The lowest BCUT2D eigenvalue weighted by Crippen LogP contribution is -2.62. The number of fused-ring (bicyclic) bond motifs is 14. The summed E-state index contributed by atoms with van der Waals surface area (Å²) in [6, 6.07) is 2.96. The Morgan fingerprint density at radius 1 is 0.295 bits per heavy atom. The molecule has 13 rings (SSSR count). The molecule has 0 aromatic heterocycles. The second kappa shape index (κ2) is 27.4. The van der Waals surface area contributed by atoms with Gasteiger partial charge in [0.15, 0.2) is 153 Å². The monoisotopic (exact) mass is 1570 g/mol. The lowest BCUT2D eigenvalue weighted by atomic mass is 9.91. The number of carbonyl (C=O) groups is 8. The summed E-state index contributed by atoms with van der Waals surface area (Å²) >= 11 is 0. The molecule has 2 fully saturated rings.